The molecule has 0 radical (unpaired) electrons. The van der Waals surface area contributed by atoms with E-state index in [9.17, 15) is 4.79 Å². The highest BCUT2D eigenvalue weighted by Gasteiger charge is 2.07. The third kappa shape index (κ3) is 2.69. The van der Waals surface area contributed by atoms with E-state index in [4.69, 9.17) is 5.73 Å². The molecule has 0 bridgehead atoms. The number of rotatable bonds is 2. The van der Waals surface area contributed by atoms with Crippen molar-refractivity contribution < 1.29 is 0 Å². The first-order valence-corrected chi connectivity index (χ1v) is 6.67. The SMILES string of the molecule is Cc1ccc(-c2cc(=O)[nH]c(-c3ccccc3)n2)cc1N. The van der Waals surface area contributed by atoms with E-state index in [1.165, 1.54) is 6.07 Å². The molecule has 0 spiro atoms. The van der Waals surface area contributed by atoms with E-state index in [0.29, 0.717) is 17.2 Å². The molecule has 104 valence electrons. The molecule has 4 heteroatoms. The third-order valence-corrected chi connectivity index (χ3v) is 3.36. The predicted molar refractivity (Wildman–Crippen MR) is 84.9 cm³/mol. The Kier molecular flexibility index (Phi) is 3.28. The summed E-state index contributed by atoms with van der Waals surface area (Å²) in [6.45, 7) is 1.94. The minimum absolute atomic E-state index is 0.182. The summed E-state index contributed by atoms with van der Waals surface area (Å²) in [6.07, 6.45) is 0. The van der Waals surface area contributed by atoms with Gasteiger partial charge in [-0.05, 0) is 18.6 Å². The van der Waals surface area contributed by atoms with E-state index in [-0.39, 0.29) is 5.56 Å². The van der Waals surface area contributed by atoms with Crippen molar-refractivity contribution in [2.45, 2.75) is 6.92 Å². The molecule has 2 aromatic carbocycles. The Balaban J connectivity index is 2.14. The van der Waals surface area contributed by atoms with Crippen LogP contribution in [0.5, 0.6) is 0 Å². The van der Waals surface area contributed by atoms with E-state index in [0.717, 1.165) is 16.7 Å². The van der Waals surface area contributed by atoms with Crippen molar-refractivity contribution in [2.75, 3.05) is 5.73 Å². The molecule has 0 saturated heterocycles. The molecule has 0 aliphatic carbocycles. The molecular weight excluding hydrogens is 262 g/mol. The van der Waals surface area contributed by atoms with Gasteiger partial charge < -0.3 is 10.7 Å². The Morgan fingerprint density at radius 3 is 2.48 bits per heavy atom. The lowest BCUT2D eigenvalue weighted by Crippen LogP contribution is -2.08. The number of aromatic nitrogens is 2. The van der Waals surface area contributed by atoms with Crippen LogP contribution in [0, 0.1) is 6.92 Å². The smallest absolute Gasteiger partial charge is 0.251 e. The summed E-state index contributed by atoms with van der Waals surface area (Å²) >= 11 is 0. The van der Waals surface area contributed by atoms with Gasteiger partial charge in [-0.1, -0.05) is 42.5 Å². The summed E-state index contributed by atoms with van der Waals surface area (Å²) in [5.74, 6) is 0.553. The van der Waals surface area contributed by atoms with Gasteiger partial charge in [0.15, 0.2) is 0 Å². The highest BCUT2D eigenvalue weighted by molar-refractivity contribution is 5.67. The molecular formula is C17H15N3O. The van der Waals surface area contributed by atoms with Crippen LogP contribution in [-0.4, -0.2) is 9.97 Å². The van der Waals surface area contributed by atoms with Gasteiger partial charge in [0.05, 0.1) is 5.69 Å². The fourth-order valence-electron chi connectivity index (χ4n) is 2.14. The normalized spacial score (nSPS) is 10.5. The average molecular weight is 277 g/mol. The summed E-state index contributed by atoms with van der Waals surface area (Å²) in [4.78, 5) is 19.2. The Labute approximate surface area is 122 Å². The van der Waals surface area contributed by atoms with E-state index in [1.807, 2.05) is 55.5 Å². The summed E-state index contributed by atoms with van der Waals surface area (Å²) in [7, 11) is 0. The van der Waals surface area contributed by atoms with Crippen LogP contribution in [0.15, 0.2) is 59.4 Å². The zero-order valence-corrected chi connectivity index (χ0v) is 11.6. The molecule has 0 unspecified atom stereocenters. The number of aromatic amines is 1. The Bertz CT molecular complexity index is 838. The van der Waals surface area contributed by atoms with Crippen LogP contribution in [-0.2, 0) is 0 Å². The molecule has 0 amide bonds. The highest BCUT2D eigenvalue weighted by atomic mass is 16.1. The predicted octanol–water partition coefficient (Wildman–Crippen LogP) is 2.99. The zero-order valence-electron chi connectivity index (χ0n) is 11.6. The molecule has 3 N–H and O–H groups in total. The molecule has 1 heterocycles. The first-order valence-electron chi connectivity index (χ1n) is 6.67. The van der Waals surface area contributed by atoms with Crippen molar-refractivity contribution in [1.82, 2.24) is 9.97 Å². The molecule has 4 nitrogen and oxygen atoms in total. The monoisotopic (exact) mass is 277 g/mol. The first-order chi connectivity index (χ1) is 10.1. The van der Waals surface area contributed by atoms with Gasteiger partial charge in [-0.3, -0.25) is 4.79 Å². The topological polar surface area (TPSA) is 71.8 Å². The van der Waals surface area contributed by atoms with Crippen LogP contribution < -0.4 is 11.3 Å². The number of benzene rings is 2. The van der Waals surface area contributed by atoms with Gasteiger partial charge in [0.25, 0.3) is 5.56 Å². The summed E-state index contributed by atoms with van der Waals surface area (Å²) < 4.78 is 0. The van der Waals surface area contributed by atoms with Gasteiger partial charge in [0.2, 0.25) is 0 Å². The number of H-pyrrole nitrogens is 1. The molecule has 1 aromatic heterocycles. The Hall–Kier alpha value is -2.88. The maximum atomic E-state index is 11.9. The molecule has 3 aromatic rings. The van der Waals surface area contributed by atoms with Gasteiger partial charge in [-0.15, -0.1) is 0 Å². The second kappa shape index (κ2) is 5.25. The minimum atomic E-state index is -0.182. The fourth-order valence-corrected chi connectivity index (χ4v) is 2.14. The highest BCUT2D eigenvalue weighted by Crippen LogP contribution is 2.23. The van der Waals surface area contributed by atoms with Gasteiger partial charge in [-0.25, -0.2) is 4.98 Å². The fraction of sp³-hybridized carbons (Fsp3) is 0.0588. The standard InChI is InChI=1S/C17H15N3O/c1-11-7-8-13(9-14(11)18)15-10-16(21)20-17(19-15)12-5-3-2-4-6-12/h2-10H,18H2,1H3,(H,19,20,21). The number of hydrogen-bond acceptors (Lipinski definition) is 3. The first kappa shape index (κ1) is 13.1. The van der Waals surface area contributed by atoms with Gasteiger partial charge >= 0.3 is 0 Å². The van der Waals surface area contributed by atoms with E-state index in [1.54, 1.807) is 0 Å². The molecule has 0 aliphatic heterocycles. The van der Waals surface area contributed by atoms with Crippen LogP contribution in [0.3, 0.4) is 0 Å². The van der Waals surface area contributed by atoms with Crippen molar-refractivity contribution in [3.63, 3.8) is 0 Å². The lowest BCUT2D eigenvalue weighted by molar-refractivity contribution is 1.13. The maximum Gasteiger partial charge on any atom is 0.251 e. The number of nitrogens with two attached hydrogens (primary N) is 1. The number of nitrogens with zero attached hydrogens (tertiary/aromatic N) is 1. The molecule has 0 saturated carbocycles. The van der Waals surface area contributed by atoms with Crippen LogP contribution in [0.2, 0.25) is 0 Å². The molecule has 21 heavy (non-hydrogen) atoms. The second-order valence-corrected chi connectivity index (χ2v) is 4.92. The number of anilines is 1. The summed E-state index contributed by atoms with van der Waals surface area (Å²) in [6, 6.07) is 16.7. The minimum Gasteiger partial charge on any atom is -0.398 e. The van der Waals surface area contributed by atoms with E-state index < -0.39 is 0 Å². The lowest BCUT2D eigenvalue weighted by atomic mass is 10.1. The molecule has 3 rings (SSSR count). The van der Waals surface area contributed by atoms with Gasteiger partial charge in [0, 0.05) is 22.9 Å². The number of nitrogen functional groups attached to an aromatic ring is 1. The molecule has 0 atom stereocenters. The largest absolute Gasteiger partial charge is 0.398 e. The number of hydrogen-bond donors (Lipinski definition) is 2. The van der Waals surface area contributed by atoms with Crippen LogP contribution in [0.1, 0.15) is 5.56 Å². The summed E-state index contributed by atoms with van der Waals surface area (Å²) in [5, 5.41) is 0. The number of nitrogens with one attached hydrogen (secondary N) is 1. The molecule has 0 aliphatic rings. The number of aryl methyl sites for hydroxylation is 1. The van der Waals surface area contributed by atoms with Crippen molar-refractivity contribution in [2.24, 2.45) is 0 Å². The summed E-state index contributed by atoms with van der Waals surface area (Å²) in [5.41, 5.74) is 9.77. The van der Waals surface area contributed by atoms with E-state index >= 15 is 0 Å². The lowest BCUT2D eigenvalue weighted by Gasteiger charge is -2.07. The maximum absolute atomic E-state index is 11.9. The van der Waals surface area contributed by atoms with Crippen LogP contribution in [0.25, 0.3) is 22.6 Å². The van der Waals surface area contributed by atoms with Gasteiger partial charge in [0.1, 0.15) is 5.82 Å². The quantitative estimate of drug-likeness (QED) is 0.707. The van der Waals surface area contributed by atoms with Crippen molar-refractivity contribution >= 4 is 5.69 Å². The Morgan fingerprint density at radius 2 is 1.76 bits per heavy atom. The van der Waals surface area contributed by atoms with Crippen molar-refractivity contribution in [3.05, 3.63) is 70.5 Å². The van der Waals surface area contributed by atoms with Crippen molar-refractivity contribution in [1.29, 1.82) is 0 Å². The van der Waals surface area contributed by atoms with Crippen LogP contribution >= 0.6 is 0 Å². The average Bonchev–Trinajstić information content (AvgIpc) is 2.50. The zero-order chi connectivity index (χ0) is 14.8. The van der Waals surface area contributed by atoms with Crippen LogP contribution in [0.4, 0.5) is 5.69 Å². The molecule has 0 fully saturated rings. The van der Waals surface area contributed by atoms with Crippen molar-refractivity contribution in [3.8, 4) is 22.6 Å². The van der Waals surface area contributed by atoms with E-state index in [2.05, 4.69) is 9.97 Å². The second-order valence-electron chi connectivity index (χ2n) is 4.92. The third-order valence-electron chi connectivity index (χ3n) is 3.36. The van der Waals surface area contributed by atoms with Gasteiger partial charge in [-0.2, -0.15) is 0 Å². The Morgan fingerprint density at radius 1 is 1.00 bits per heavy atom.